The first kappa shape index (κ1) is 38.7. The third-order valence-electron chi connectivity index (χ3n) is 11.3. The van der Waals surface area contributed by atoms with Crippen LogP contribution in [0.3, 0.4) is 0 Å². The molecule has 0 N–H and O–H groups in total. The van der Waals surface area contributed by atoms with Gasteiger partial charge in [0, 0.05) is 6.42 Å². The molecule has 4 rings (SSSR count). The van der Waals surface area contributed by atoms with Crippen LogP contribution in [0.5, 0.6) is 0 Å². The van der Waals surface area contributed by atoms with Crippen molar-refractivity contribution < 1.29 is 0 Å². The SMILES string of the molecule is CCCCCC(C)(C)c1ccc(C=CC2=NN(c3ccc(C(C)(C)CCCCC)cc3)C(c3ccc(C(C)(C)CCCCC)cc3)C2)cc1. The predicted octanol–water partition coefficient (Wildman–Crippen LogP) is 14.3. The average Bonchev–Trinajstić information content (AvgIpc) is 3.52. The Morgan fingerprint density at radius 2 is 0.959 bits per heavy atom. The molecule has 2 heteroatoms. The van der Waals surface area contributed by atoms with Crippen LogP contribution in [-0.4, -0.2) is 5.71 Å². The molecule has 0 spiro atoms. The number of allylic oxidation sites excluding steroid dienone is 1. The summed E-state index contributed by atoms with van der Waals surface area (Å²) in [6.45, 7) is 21.2. The minimum atomic E-state index is 0.173. The van der Waals surface area contributed by atoms with Gasteiger partial charge in [0.25, 0.3) is 0 Å². The van der Waals surface area contributed by atoms with Gasteiger partial charge in [0.15, 0.2) is 0 Å². The van der Waals surface area contributed by atoms with E-state index < -0.39 is 0 Å². The van der Waals surface area contributed by atoms with E-state index >= 15 is 0 Å². The van der Waals surface area contributed by atoms with Gasteiger partial charge in [-0.2, -0.15) is 5.10 Å². The van der Waals surface area contributed by atoms with Crippen LogP contribution in [0.15, 0.2) is 84.0 Å². The van der Waals surface area contributed by atoms with Gasteiger partial charge in [-0.05, 0) is 81.5 Å². The maximum absolute atomic E-state index is 5.27. The Kier molecular flexibility index (Phi) is 14.0. The summed E-state index contributed by atoms with van der Waals surface area (Å²) >= 11 is 0. The maximum Gasteiger partial charge on any atom is 0.0831 e. The fraction of sp³-hybridized carbons (Fsp3) is 0.553. The van der Waals surface area contributed by atoms with Gasteiger partial charge in [0.2, 0.25) is 0 Å². The van der Waals surface area contributed by atoms with Crippen LogP contribution in [-0.2, 0) is 16.2 Å². The summed E-state index contributed by atoms with van der Waals surface area (Å²) in [5, 5.41) is 7.54. The molecule has 0 bridgehead atoms. The molecule has 3 aromatic rings. The summed E-state index contributed by atoms with van der Waals surface area (Å²) in [5.41, 5.74) is 9.71. The molecule has 1 atom stereocenters. The molecule has 1 aliphatic rings. The molecule has 0 saturated carbocycles. The second-order valence-electron chi connectivity index (χ2n) is 16.8. The number of nitrogens with zero attached hydrogens (tertiary/aromatic N) is 2. The minimum Gasteiger partial charge on any atom is -0.257 e. The molecular weight excluding hydrogens is 593 g/mol. The van der Waals surface area contributed by atoms with Gasteiger partial charge in [-0.25, -0.2) is 0 Å². The summed E-state index contributed by atoms with van der Waals surface area (Å²) in [5.74, 6) is 0. The Bertz CT molecular complexity index is 1470. The van der Waals surface area contributed by atoms with Crippen molar-refractivity contribution in [3.8, 4) is 0 Å². The minimum absolute atomic E-state index is 0.173. The largest absolute Gasteiger partial charge is 0.257 e. The number of unbranched alkanes of at least 4 members (excludes halogenated alkanes) is 6. The lowest BCUT2D eigenvalue weighted by atomic mass is 9.79. The Morgan fingerprint density at radius 3 is 1.39 bits per heavy atom. The fourth-order valence-corrected chi connectivity index (χ4v) is 7.48. The van der Waals surface area contributed by atoms with Crippen molar-refractivity contribution in [1.29, 1.82) is 0 Å². The molecule has 0 fully saturated rings. The van der Waals surface area contributed by atoms with Gasteiger partial charge >= 0.3 is 0 Å². The molecule has 266 valence electrons. The number of rotatable bonds is 19. The van der Waals surface area contributed by atoms with Crippen LogP contribution in [0.1, 0.15) is 180 Å². The molecule has 0 radical (unpaired) electrons. The molecular formula is C47H68N2. The number of hydrogen-bond donors (Lipinski definition) is 0. The van der Waals surface area contributed by atoms with Crippen LogP contribution in [0.2, 0.25) is 0 Å². The summed E-state index contributed by atoms with van der Waals surface area (Å²) in [4.78, 5) is 0. The number of anilines is 1. The van der Waals surface area contributed by atoms with E-state index in [1.165, 1.54) is 111 Å². The number of hydrogen-bond acceptors (Lipinski definition) is 2. The molecule has 3 aromatic carbocycles. The fourth-order valence-electron chi connectivity index (χ4n) is 7.48. The maximum atomic E-state index is 5.27. The third-order valence-corrected chi connectivity index (χ3v) is 11.3. The van der Waals surface area contributed by atoms with Crippen LogP contribution < -0.4 is 5.01 Å². The Hall–Kier alpha value is -3.13. The highest BCUT2D eigenvalue weighted by molar-refractivity contribution is 6.01. The summed E-state index contributed by atoms with van der Waals surface area (Å²) < 4.78 is 0. The molecule has 0 amide bonds. The van der Waals surface area contributed by atoms with Gasteiger partial charge in [-0.1, -0.05) is 187 Å². The predicted molar refractivity (Wildman–Crippen MR) is 217 cm³/mol. The van der Waals surface area contributed by atoms with Crippen molar-refractivity contribution in [1.82, 2.24) is 0 Å². The Labute approximate surface area is 301 Å². The molecule has 1 aliphatic heterocycles. The van der Waals surface area contributed by atoms with E-state index in [1.54, 1.807) is 0 Å². The second-order valence-corrected chi connectivity index (χ2v) is 16.8. The lowest BCUT2D eigenvalue weighted by molar-refractivity contribution is 0.450. The lowest BCUT2D eigenvalue weighted by Crippen LogP contribution is -2.21. The highest BCUT2D eigenvalue weighted by Crippen LogP contribution is 2.39. The van der Waals surface area contributed by atoms with E-state index in [-0.39, 0.29) is 22.3 Å². The first-order valence-corrected chi connectivity index (χ1v) is 19.8. The lowest BCUT2D eigenvalue weighted by Gasteiger charge is -2.29. The highest BCUT2D eigenvalue weighted by atomic mass is 15.5. The van der Waals surface area contributed by atoms with Gasteiger partial charge in [0.1, 0.15) is 0 Å². The van der Waals surface area contributed by atoms with E-state index in [4.69, 9.17) is 5.10 Å². The van der Waals surface area contributed by atoms with E-state index in [9.17, 15) is 0 Å². The normalized spacial score (nSPS) is 15.7. The van der Waals surface area contributed by atoms with Gasteiger partial charge in [0.05, 0.1) is 17.4 Å². The summed E-state index contributed by atoms with van der Waals surface area (Å²) in [6, 6.07) is 28.1. The zero-order valence-electron chi connectivity index (χ0n) is 32.7. The molecule has 1 heterocycles. The zero-order chi connectivity index (χ0) is 35.5. The van der Waals surface area contributed by atoms with Crippen molar-refractivity contribution in [2.45, 2.75) is 168 Å². The Balaban J connectivity index is 1.57. The topological polar surface area (TPSA) is 15.6 Å². The standard InChI is InChI=1S/C47H68N2/c1-10-13-16-33-45(4,5)39-24-19-37(20-25-39)21-30-42-36-44(38-22-26-40(27-23-38)46(6,7)34-17-14-11-2)49(48-42)43-31-28-41(29-32-43)47(8,9)35-18-15-12-3/h19-32,44H,10-18,33-36H2,1-9H3. The summed E-state index contributed by atoms with van der Waals surface area (Å²) in [7, 11) is 0. The van der Waals surface area contributed by atoms with Crippen molar-refractivity contribution in [2.24, 2.45) is 5.10 Å². The smallest absolute Gasteiger partial charge is 0.0831 e. The van der Waals surface area contributed by atoms with Gasteiger partial charge in [-0.15, -0.1) is 0 Å². The van der Waals surface area contributed by atoms with Crippen molar-refractivity contribution in [2.75, 3.05) is 5.01 Å². The Morgan fingerprint density at radius 1 is 0.551 bits per heavy atom. The molecule has 0 aromatic heterocycles. The number of hydrazone groups is 1. The first-order valence-electron chi connectivity index (χ1n) is 19.8. The molecule has 49 heavy (non-hydrogen) atoms. The molecule has 2 nitrogen and oxygen atoms in total. The van der Waals surface area contributed by atoms with E-state index in [2.05, 4.69) is 152 Å². The summed E-state index contributed by atoms with van der Waals surface area (Å²) in [6.07, 6.45) is 20.7. The van der Waals surface area contributed by atoms with E-state index in [0.29, 0.717) is 0 Å². The molecule has 1 unspecified atom stereocenters. The van der Waals surface area contributed by atoms with Gasteiger partial charge < -0.3 is 0 Å². The second kappa shape index (κ2) is 17.7. The average molecular weight is 661 g/mol. The van der Waals surface area contributed by atoms with Crippen molar-refractivity contribution >= 4 is 17.5 Å². The zero-order valence-corrected chi connectivity index (χ0v) is 32.7. The van der Waals surface area contributed by atoms with Crippen molar-refractivity contribution in [3.63, 3.8) is 0 Å². The van der Waals surface area contributed by atoms with Crippen molar-refractivity contribution in [3.05, 3.63) is 107 Å². The van der Waals surface area contributed by atoms with E-state index in [0.717, 1.165) is 12.1 Å². The third kappa shape index (κ3) is 10.7. The first-order chi connectivity index (χ1) is 23.4. The van der Waals surface area contributed by atoms with Gasteiger partial charge in [-0.3, -0.25) is 5.01 Å². The van der Waals surface area contributed by atoms with E-state index in [1.807, 2.05) is 0 Å². The quantitative estimate of drug-likeness (QED) is 0.117. The molecule has 0 aliphatic carbocycles. The number of benzene rings is 3. The highest BCUT2D eigenvalue weighted by Gasteiger charge is 2.30. The van der Waals surface area contributed by atoms with Crippen LogP contribution in [0.25, 0.3) is 6.08 Å². The molecule has 0 saturated heterocycles. The van der Waals surface area contributed by atoms with Crippen LogP contribution in [0.4, 0.5) is 5.69 Å². The van der Waals surface area contributed by atoms with Crippen LogP contribution in [0, 0.1) is 0 Å². The van der Waals surface area contributed by atoms with Crippen LogP contribution >= 0.6 is 0 Å². The monoisotopic (exact) mass is 661 g/mol.